The van der Waals surface area contributed by atoms with Crippen LogP contribution in [-0.2, 0) is 11.3 Å². The second-order valence-corrected chi connectivity index (χ2v) is 4.37. The molecule has 0 spiro atoms. The van der Waals surface area contributed by atoms with Crippen molar-refractivity contribution in [3.05, 3.63) is 41.2 Å². The fourth-order valence-corrected chi connectivity index (χ4v) is 1.70. The second-order valence-electron chi connectivity index (χ2n) is 3.96. The summed E-state index contributed by atoms with van der Waals surface area (Å²) in [6, 6.07) is 4.12. The van der Waals surface area contributed by atoms with Gasteiger partial charge in [-0.2, -0.15) is 0 Å². The summed E-state index contributed by atoms with van der Waals surface area (Å²) in [6.07, 6.45) is 3.34. The lowest BCUT2D eigenvalue weighted by Crippen LogP contribution is -2.15. The smallest absolute Gasteiger partial charge is 0.335 e. The van der Waals surface area contributed by atoms with Crippen LogP contribution >= 0.6 is 11.6 Å². The van der Waals surface area contributed by atoms with Crippen molar-refractivity contribution in [3.63, 3.8) is 0 Å². The number of aromatic nitrogens is 3. The molecule has 1 amide bonds. The average Bonchev–Trinajstić information content (AvgIpc) is 2.92. The van der Waals surface area contributed by atoms with Crippen molar-refractivity contribution in [1.82, 2.24) is 15.0 Å². The van der Waals surface area contributed by atoms with Crippen LogP contribution in [0.3, 0.4) is 0 Å². The van der Waals surface area contributed by atoms with E-state index in [1.807, 2.05) is 0 Å². The van der Waals surface area contributed by atoms with Crippen LogP contribution in [0.15, 0.2) is 30.6 Å². The highest BCUT2D eigenvalue weighted by atomic mass is 35.5. The second kappa shape index (κ2) is 6.16. The van der Waals surface area contributed by atoms with Gasteiger partial charge in [-0.25, -0.2) is 4.79 Å². The van der Waals surface area contributed by atoms with Crippen LogP contribution in [0.2, 0.25) is 5.02 Å². The number of nitrogens with zero attached hydrogens (tertiary/aromatic N) is 3. The molecule has 0 aliphatic heterocycles. The maximum absolute atomic E-state index is 11.8. The van der Waals surface area contributed by atoms with Crippen LogP contribution in [0.1, 0.15) is 16.8 Å². The predicted molar refractivity (Wildman–Crippen MR) is 71.7 cm³/mol. The van der Waals surface area contributed by atoms with Gasteiger partial charge in [0.15, 0.2) is 0 Å². The van der Waals surface area contributed by atoms with Gasteiger partial charge in [0.1, 0.15) is 0 Å². The Balaban J connectivity index is 2.00. The van der Waals surface area contributed by atoms with Crippen molar-refractivity contribution in [2.75, 3.05) is 5.32 Å². The van der Waals surface area contributed by atoms with Crippen LogP contribution in [-0.4, -0.2) is 32.0 Å². The first-order valence-electron chi connectivity index (χ1n) is 5.73. The van der Waals surface area contributed by atoms with Crippen molar-refractivity contribution < 1.29 is 14.7 Å². The van der Waals surface area contributed by atoms with E-state index in [1.54, 1.807) is 6.20 Å². The van der Waals surface area contributed by atoms with Gasteiger partial charge in [-0.1, -0.05) is 16.8 Å². The Labute approximate surface area is 119 Å². The Morgan fingerprint density at radius 1 is 1.40 bits per heavy atom. The fraction of sp³-hybridized carbons (Fsp3) is 0.167. The van der Waals surface area contributed by atoms with Crippen LogP contribution in [0, 0.1) is 0 Å². The van der Waals surface area contributed by atoms with Gasteiger partial charge in [-0.3, -0.25) is 9.48 Å². The van der Waals surface area contributed by atoms with Gasteiger partial charge in [-0.15, -0.1) is 5.10 Å². The number of rotatable bonds is 5. The van der Waals surface area contributed by atoms with E-state index in [0.717, 1.165) is 0 Å². The van der Waals surface area contributed by atoms with E-state index >= 15 is 0 Å². The number of aromatic carboxylic acids is 1. The molecule has 1 heterocycles. The maximum Gasteiger partial charge on any atom is 0.335 e. The molecule has 0 fully saturated rings. The summed E-state index contributed by atoms with van der Waals surface area (Å²) in [5, 5.41) is 19.1. The SMILES string of the molecule is O=C(CCn1ccnn1)Nc1cc(C(=O)O)ccc1Cl. The van der Waals surface area contributed by atoms with Gasteiger partial charge in [0.2, 0.25) is 5.91 Å². The summed E-state index contributed by atoms with van der Waals surface area (Å²) >= 11 is 5.91. The quantitative estimate of drug-likeness (QED) is 0.874. The van der Waals surface area contributed by atoms with E-state index in [9.17, 15) is 9.59 Å². The number of carboxylic acids is 1. The third-order valence-electron chi connectivity index (χ3n) is 2.53. The van der Waals surface area contributed by atoms with E-state index in [2.05, 4.69) is 15.6 Å². The Morgan fingerprint density at radius 2 is 2.20 bits per heavy atom. The molecule has 0 saturated heterocycles. The van der Waals surface area contributed by atoms with E-state index in [0.29, 0.717) is 6.54 Å². The van der Waals surface area contributed by atoms with Crippen molar-refractivity contribution in [2.24, 2.45) is 0 Å². The van der Waals surface area contributed by atoms with Crippen LogP contribution in [0.25, 0.3) is 0 Å². The molecule has 0 aliphatic carbocycles. The predicted octanol–water partition coefficient (Wildman–Crippen LogP) is 1.66. The fourth-order valence-electron chi connectivity index (χ4n) is 1.53. The molecule has 2 N–H and O–H groups in total. The van der Waals surface area contributed by atoms with Crippen LogP contribution < -0.4 is 5.32 Å². The molecule has 2 rings (SSSR count). The number of hydrogen-bond donors (Lipinski definition) is 2. The normalized spacial score (nSPS) is 10.2. The summed E-state index contributed by atoms with van der Waals surface area (Å²) in [4.78, 5) is 22.6. The molecular formula is C12H11ClN4O3. The molecule has 0 atom stereocenters. The molecule has 8 heteroatoms. The minimum absolute atomic E-state index is 0.0565. The zero-order chi connectivity index (χ0) is 14.5. The largest absolute Gasteiger partial charge is 0.478 e. The molecule has 0 saturated carbocycles. The molecule has 0 bridgehead atoms. The average molecular weight is 295 g/mol. The monoisotopic (exact) mass is 294 g/mol. The Morgan fingerprint density at radius 3 is 2.85 bits per heavy atom. The number of anilines is 1. The number of carbonyl (C=O) groups excluding carboxylic acids is 1. The highest BCUT2D eigenvalue weighted by molar-refractivity contribution is 6.33. The lowest BCUT2D eigenvalue weighted by Gasteiger charge is -2.08. The Kier molecular flexibility index (Phi) is 4.31. The molecule has 0 unspecified atom stereocenters. The van der Waals surface area contributed by atoms with Crippen molar-refractivity contribution in [2.45, 2.75) is 13.0 Å². The molecule has 2 aromatic rings. The van der Waals surface area contributed by atoms with Gasteiger partial charge >= 0.3 is 5.97 Å². The number of carbonyl (C=O) groups is 2. The first-order chi connectivity index (χ1) is 9.56. The van der Waals surface area contributed by atoms with Crippen molar-refractivity contribution in [3.8, 4) is 0 Å². The highest BCUT2D eigenvalue weighted by Crippen LogP contribution is 2.23. The number of halogens is 1. The van der Waals surface area contributed by atoms with E-state index < -0.39 is 5.97 Å². The van der Waals surface area contributed by atoms with Crippen LogP contribution in [0.5, 0.6) is 0 Å². The minimum Gasteiger partial charge on any atom is -0.478 e. The highest BCUT2D eigenvalue weighted by Gasteiger charge is 2.10. The number of aryl methyl sites for hydroxylation is 1. The van der Waals surface area contributed by atoms with E-state index in [-0.39, 0.29) is 28.6 Å². The van der Waals surface area contributed by atoms with Crippen molar-refractivity contribution >= 4 is 29.2 Å². The van der Waals surface area contributed by atoms with E-state index in [4.69, 9.17) is 16.7 Å². The molecular weight excluding hydrogens is 284 g/mol. The zero-order valence-electron chi connectivity index (χ0n) is 10.3. The Hall–Kier alpha value is -2.41. The number of amides is 1. The van der Waals surface area contributed by atoms with Crippen molar-refractivity contribution in [1.29, 1.82) is 0 Å². The lowest BCUT2D eigenvalue weighted by atomic mass is 10.2. The molecule has 7 nitrogen and oxygen atoms in total. The zero-order valence-corrected chi connectivity index (χ0v) is 11.0. The summed E-state index contributed by atoms with van der Waals surface area (Å²) in [6.45, 7) is 0.377. The van der Waals surface area contributed by atoms with Gasteiger partial charge in [-0.05, 0) is 18.2 Å². The van der Waals surface area contributed by atoms with Gasteiger partial charge < -0.3 is 10.4 Å². The molecule has 0 aliphatic rings. The van der Waals surface area contributed by atoms with E-state index in [1.165, 1.54) is 29.1 Å². The molecule has 1 aromatic heterocycles. The maximum atomic E-state index is 11.8. The molecule has 104 valence electrons. The number of hydrogen-bond acceptors (Lipinski definition) is 4. The first-order valence-corrected chi connectivity index (χ1v) is 6.11. The van der Waals surface area contributed by atoms with Gasteiger partial charge in [0.05, 0.1) is 29.0 Å². The lowest BCUT2D eigenvalue weighted by molar-refractivity contribution is -0.116. The Bertz CT molecular complexity index is 628. The molecule has 0 radical (unpaired) electrons. The molecule has 20 heavy (non-hydrogen) atoms. The number of benzene rings is 1. The first kappa shape index (κ1) is 14.0. The summed E-state index contributed by atoms with van der Waals surface area (Å²) in [5.74, 6) is -1.37. The third-order valence-corrected chi connectivity index (χ3v) is 2.86. The van der Waals surface area contributed by atoms with Gasteiger partial charge in [0, 0.05) is 12.6 Å². The number of nitrogens with one attached hydrogen (secondary N) is 1. The standard InChI is InChI=1S/C12H11ClN4O3/c13-9-2-1-8(12(19)20)7-10(9)15-11(18)3-5-17-6-4-14-16-17/h1-2,4,6-7H,3,5H2,(H,15,18)(H,19,20). The van der Waals surface area contributed by atoms with Gasteiger partial charge in [0.25, 0.3) is 0 Å². The topological polar surface area (TPSA) is 97.1 Å². The summed E-state index contributed by atoms with van der Waals surface area (Å²) < 4.78 is 1.52. The summed E-state index contributed by atoms with van der Waals surface area (Å²) in [7, 11) is 0. The molecule has 1 aromatic carbocycles. The summed E-state index contributed by atoms with van der Waals surface area (Å²) in [5.41, 5.74) is 0.330. The number of carboxylic acid groups (broad SMARTS) is 1. The van der Waals surface area contributed by atoms with Crippen LogP contribution in [0.4, 0.5) is 5.69 Å². The minimum atomic E-state index is -1.08. The third kappa shape index (κ3) is 3.55.